The highest BCUT2D eigenvalue weighted by Crippen LogP contribution is 1.54. The predicted molar refractivity (Wildman–Crippen MR) is 47.3 cm³/mol. The van der Waals surface area contributed by atoms with Crippen molar-refractivity contribution < 1.29 is 0 Å². The van der Waals surface area contributed by atoms with Gasteiger partial charge in [-0.3, -0.25) is 0 Å². The van der Waals surface area contributed by atoms with Gasteiger partial charge in [-0.15, -0.1) is 12.6 Å². The van der Waals surface area contributed by atoms with Gasteiger partial charge in [0.2, 0.25) is 0 Å². The molecule has 0 saturated heterocycles. The van der Waals surface area contributed by atoms with Gasteiger partial charge in [-0.1, -0.05) is 0 Å². The smallest absolute Gasteiger partial charge is 0.104 e. The van der Waals surface area contributed by atoms with Crippen LogP contribution in [0.15, 0.2) is 12.6 Å². The van der Waals surface area contributed by atoms with Crippen LogP contribution in [0.4, 0.5) is 0 Å². The molecule has 0 atom stereocenters. The van der Waals surface area contributed by atoms with Crippen molar-refractivity contribution in [3.8, 4) is 0 Å². The Balaban J connectivity index is 2.56. The molecular weight excluding hydrogens is 78.1 g/mol. The Morgan fingerprint density at radius 1 is 1.43 bits per heavy atom. The minimum Gasteiger partial charge on any atom is -0.136 e. The number of hydrogen-bond donors (Lipinski definition) is 0. The second-order valence-electron chi connectivity index (χ2n) is 1.78. The van der Waals surface area contributed by atoms with Crippen molar-refractivity contribution in [2.45, 2.75) is 0 Å². The van der Waals surface area contributed by atoms with Gasteiger partial charge in [-0.05, 0) is 0 Å². The summed E-state index contributed by atoms with van der Waals surface area (Å²) >= 11 is 0. The molecule has 0 bridgehead atoms. The van der Waals surface area contributed by atoms with Gasteiger partial charge < -0.3 is 0 Å². The average Bonchev–Trinajstić information content (AvgIpc) is 1.69. The van der Waals surface area contributed by atoms with Crippen molar-refractivity contribution in [3.63, 3.8) is 0 Å². The Hall–Kier alpha value is 0.0647. The Morgan fingerprint density at radius 3 is 2.57 bits per heavy atom. The highest BCUT2D eigenvalue weighted by Gasteiger charge is 1.87. The first-order chi connectivity index (χ1) is 3.41. The summed E-state index contributed by atoms with van der Waals surface area (Å²) in [4.78, 5) is 0. The highest BCUT2D eigenvalue weighted by atomic mass is 13.1. The second kappa shape index (κ2) is 6.06. The first-order valence-corrected chi connectivity index (χ1v) is 3.02. The monoisotopic (exact) mass is 88.1 g/mol. The molecule has 0 fully saturated rings. The standard InChI is InChI=1S/C2H9B5/c1-2-4-6-7-5-3/h2,4-7H,1,3H2. The van der Waals surface area contributed by atoms with E-state index in [1.54, 1.807) is 0 Å². The lowest BCUT2D eigenvalue weighted by Crippen LogP contribution is -2.17. The Morgan fingerprint density at radius 2 is 2.14 bits per heavy atom. The van der Waals surface area contributed by atoms with Crippen LogP contribution in [0.25, 0.3) is 0 Å². The summed E-state index contributed by atoms with van der Waals surface area (Å²) in [6.07, 6.45) is 0. The van der Waals surface area contributed by atoms with Crippen molar-refractivity contribution in [2.24, 2.45) is 0 Å². The summed E-state index contributed by atoms with van der Waals surface area (Å²) in [7, 11) is 7.39. The zero-order valence-corrected chi connectivity index (χ0v) is 5.11. The first kappa shape index (κ1) is 7.06. The van der Waals surface area contributed by atoms with Crippen LogP contribution in [0.5, 0.6) is 0 Å². The summed E-state index contributed by atoms with van der Waals surface area (Å²) in [5, 5.41) is 0. The van der Waals surface area contributed by atoms with E-state index in [1.165, 1.54) is 28.4 Å². The summed E-state index contributed by atoms with van der Waals surface area (Å²) in [5.41, 5.74) is 0. The van der Waals surface area contributed by atoms with Crippen molar-refractivity contribution in [3.05, 3.63) is 12.6 Å². The molecule has 0 nitrogen and oxygen atoms in total. The third kappa shape index (κ3) is 6.06. The van der Waals surface area contributed by atoms with Crippen LogP contribution >= 0.6 is 0 Å². The average molecular weight is 87.2 g/mol. The van der Waals surface area contributed by atoms with Gasteiger partial charge in [0.25, 0.3) is 0 Å². The maximum atomic E-state index is 3.63. The number of rotatable bonds is 4. The van der Waals surface area contributed by atoms with Crippen LogP contribution in [0.3, 0.4) is 0 Å². The molecule has 0 aromatic rings. The molecule has 0 N–H and O–H groups in total. The molecule has 0 aromatic carbocycles. The van der Waals surface area contributed by atoms with Gasteiger partial charge in [-0.25, -0.2) is 0 Å². The molecule has 0 amide bonds. The van der Waals surface area contributed by atoms with Gasteiger partial charge >= 0.3 is 0 Å². The molecule has 0 aromatic heterocycles. The van der Waals surface area contributed by atoms with Gasteiger partial charge in [-0.2, -0.15) is 0 Å². The number of hydrogen-bond acceptors (Lipinski definition) is 0. The zero-order valence-electron chi connectivity index (χ0n) is 5.11. The van der Waals surface area contributed by atoms with E-state index >= 15 is 0 Å². The quantitative estimate of drug-likeness (QED) is 0.256. The lowest BCUT2D eigenvalue weighted by Gasteiger charge is -1.78. The lowest BCUT2D eigenvalue weighted by atomic mass is 9.04. The fourth-order valence-corrected chi connectivity index (χ4v) is 0.539. The molecule has 0 spiro atoms. The molecule has 7 heavy (non-hydrogen) atoms. The van der Waals surface area contributed by atoms with Crippen molar-refractivity contribution in [2.75, 3.05) is 0 Å². The molecule has 0 radical (unpaired) electrons. The Bertz CT molecular complexity index is 43.3. The largest absolute Gasteiger partial charge is 0.136 e. The van der Waals surface area contributed by atoms with Crippen molar-refractivity contribution in [1.82, 2.24) is 0 Å². The van der Waals surface area contributed by atoms with E-state index in [9.17, 15) is 0 Å². The van der Waals surface area contributed by atoms with Crippen LogP contribution in [-0.4, -0.2) is 36.1 Å². The van der Waals surface area contributed by atoms with E-state index in [-0.39, 0.29) is 0 Å². The SMILES string of the molecule is BBBBBC=C. The maximum absolute atomic E-state index is 3.63. The molecule has 0 aliphatic rings. The van der Waals surface area contributed by atoms with Crippen LogP contribution in [0, 0.1) is 0 Å². The second-order valence-corrected chi connectivity index (χ2v) is 1.78. The first-order valence-electron chi connectivity index (χ1n) is 3.02. The van der Waals surface area contributed by atoms with E-state index in [4.69, 9.17) is 0 Å². The molecule has 0 aliphatic heterocycles. The zero-order chi connectivity index (χ0) is 5.54. The summed E-state index contributed by atoms with van der Waals surface area (Å²) in [5.74, 6) is 1.98. The predicted octanol–water partition coefficient (Wildman–Crippen LogP) is -2.83. The molecule has 0 unspecified atom stereocenters. The van der Waals surface area contributed by atoms with Crippen LogP contribution < -0.4 is 0 Å². The lowest BCUT2D eigenvalue weighted by molar-refractivity contribution is 2.60. The molecule has 0 aliphatic carbocycles. The Kier molecular flexibility index (Phi) is 6.12. The van der Waals surface area contributed by atoms with Crippen molar-refractivity contribution in [1.29, 1.82) is 0 Å². The summed E-state index contributed by atoms with van der Waals surface area (Å²) < 4.78 is 0. The van der Waals surface area contributed by atoms with E-state index in [0.717, 1.165) is 0 Å². The minimum atomic E-state index is 1.19. The summed E-state index contributed by atoms with van der Waals surface area (Å²) in [6, 6.07) is 0. The molecular formula is C2H9B5. The van der Waals surface area contributed by atoms with Crippen LogP contribution in [0.2, 0.25) is 0 Å². The molecule has 0 heterocycles. The fourth-order valence-electron chi connectivity index (χ4n) is 0.539. The van der Waals surface area contributed by atoms with Gasteiger partial charge in [0, 0.05) is 14.1 Å². The molecule has 5 heteroatoms. The van der Waals surface area contributed by atoms with Gasteiger partial charge in [0.05, 0.1) is 14.8 Å². The van der Waals surface area contributed by atoms with Crippen LogP contribution in [0.1, 0.15) is 0 Å². The fraction of sp³-hybridized carbons (Fsp3) is 0. The third-order valence-corrected chi connectivity index (χ3v) is 1.01. The van der Waals surface area contributed by atoms with Gasteiger partial charge in [0.1, 0.15) is 7.17 Å². The highest BCUT2D eigenvalue weighted by molar-refractivity contribution is 7.51. The van der Waals surface area contributed by atoms with E-state index in [2.05, 4.69) is 14.3 Å². The molecule has 0 saturated carbocycles. The minimum absolute atomic E-state index is 1.19. The van der Waals surface area contributed by atoms with E-state index in [1.807, 2.05) is 5.98 Å². The van der Waals surface area contributed by atoms with Crippen molar-refractivity contribution >= 4 is 36.1 Å². The Labute approximate surface area is 49.4 Å². The summed E-state index contributed by atoms with van der Waals surface area (Å²) in [6.45, 7) is 3.63. The third-order valence-electron chi connectivity index (χ3n) is 1.01. The topological polar surface area (TPSA) is 0 Å². The van der Waals surface area contributed by atoms with E-state index < -0.39 is 0 Å². The van der Waals surface area contributed by atoms with E-state index in [0.29, 0.717) is 0 Å². The van der Waals surface area contributed by atoms with Gasteiger partial charge in [0.15, 0.2) is 0 Å². The molecule has 0 rings (SSSR count). The van der Waals surface area contributed by atoms with Crippen LogP contribution in [-0.2, 0) is 0 Å². The molecule has 32 valence electrons. The normalized spacial score (nSPS) is 6.29. The maximum Gasteiger partial charge on any atom is 0.104 e.